The van der Waals surface area contributed by atoms with E-state index in [0.717, 1.165) is 18.7 Å². The van der Waals surface area contributed by atoms with Crippen molar-refractivity contribution in [2.75, 3.05) is 13.6 Å². The third kappa shape index (κ3) is 3.03. The van der Waals surface area contributed by atoms with Crippen molar-refractivity contribution in [3.05, 3.63) is 24.0 Å². The number of hydrogen-bond acceptors (Lipinski definition) is 3. The normalized spacial score (nSPS) is 10.7. The van der Waals surface area contributed by atoms with Crippen molar-refractivity contribution < 1.29 is 5.11 Å². The summed E-state index contributed by atoms with van der Waals surface area (Å²) in [5, 5.41) is 9.44. The molecule has 0 unspecified atom stereocenters. The van der Waals surface area contributed by atoms with Gasteiger partial charge in [0, 0.05) is 12.7 Å². The van der Waals surface area contributed by atoms with Gasteiger partial charge in [-0.2, -0.15) is 0 Å². The lowest BCUT2D eigenvalue weighted by molar-refractivity contribution is 0.316. The van der Waals surface area contributed by atoms with Crippen LogP contribution in [0.1, 0.15) is 19.0 Å². The molecule has 0 saturated carbocycles. The Bertz CT molecular complexity index is 263. The predicted molar refractivity (Wildman–Crippen MR) is 52.5 cm³/mol. The smallest absolute Gasteiger partial charge is 0.138 e. The average Bonchev–Trinajstić information content (AvgIpc) is 2.09. The van der Waals surface area contributed by atoms with E-state index < -0.39 is 0 Å². The van der Waals surface area contributed by atoms with Crippen molar-refractivity contribution in [3.8, 4) is 5.75 Å². The van der Waals surface area contributed by atoms with E-state index in [0.29, 0.717) is 6.54 Å². The van der Waals surface area contributed by atoms with Crippen LogP contribution in [0.5, 0.6) is 5.75 Å². The van der Waals surface area contributed by atoms with E-state index in [1.54, 1.807) is 18.3 Å². The first-order valence-electron chi connectivity index (χ1n) is 4.55. The zero-order valence-electron chi connectivity index (χ0n) is 8.20. The number of hydrogen-bond donors (Lipinski definition) is 1. The quantitative estimate of drug-likeness (QED) is 0.765. The zero-order valence-corrected chi connectivity index (χ0v) is 8.20. The lowest BCUT2D eigenvalue weighted by Gasteiger charge is -2.14. The van der Waals surface area contributed by atoms with E-state index in [1.165, 1.54) is 0 Å². The van der Waals surface area contributed by atoms with Crippen LogP contribution in [-0.2, 0) is 6.54 Å². The van der Waals surface area contributed by atoms with Gasteiger partial charge in [0.25, 0.3) is 0 Å². The Morgan fingerprint density at radius 3 is 2.92 bits per heavy atom. The topological polar surface area (TPSA) is 36.4 Å². The number of aromatic hydroxyl groups is 1. The van der Waals surface area contributed by atoms with Crippen molar-refractivity contribution >= 4 is 0 Å². The molecule has 0 spiro atoms. The molecule has 0 fully saturated rings. The zero-order chi connectivity index (χ0) is 9.68. The summed E-state index contributed by atoms with van der Waals surface area (Å²) >= 11 is 0. The molecule has 0 aliphatic heterocycles. The third-order valence-electron chi connectivity index (χ3n) is 1.89. The van der Waals surface area contributed by atoms with Crippen LogP contribution in [0.3, 0.4) is 0 Å². The van der Waals surface area contributed by atoms with Gasteiger partial charge in [0.2, 0.25) is 0 Å². The molecule has 3 nitrogen and oxygen atoms in total. The fraction of sp³-hybridized carbons (Fsp3) is 0.500. The summed E-state index contributed by atoms with van der Waals surface area (Å²) < 4.78 is 0. The van der Waals surface area contributed by atoms with Gasteiger partial charge in [-0.1, -0.05) is 6.92 Å². The first kappa shape index (κ1) is 9.99. The second-order valence-electron chi connectivity index (χ2n) is 3.21. The van der Waals surface area contributed by atoms with Crippen LogP contribution < -0.4 is 0 Å². The molecule has 1 N–H and O–H groups in total. The van der Waals surface area contributed by atoms with Crippen LogP contribution in [0.15, 0.2) is 18.3 Å². The first-order chi connectivity index (χ1) is 6.24. The Morgan fingerprint density at radius 2 is 2.31 bits per heavy atom. The van der Waals surface area contributed by atoms with Crippen LogP contribution in [0, 0.1) is 0 Å². The van der Waals surface area contributed by atoms with Gasteiger partial charge in [-0.25, -0.2) is 0 Å². The molecule has 0 bridgehead atoms. The highest BCUT2D eigenvalue weighted by molar-refractivity contribution is 5.24. The van der Waals surface area contributed by atoms with Gasteiger partial charge >= 0.3 is 0 Å². The van der Waals surface area contributed by atoms with E-state index >= 15 is 0 Å². The van der Waals surface area contributed by atoms with Crippen LogP contribution >= 0.6 is 0 Å². The molecular formula is C10H16N2O. The highest BCUT2D eigenvalue weighted by Gasteiger charge is 2.04. The second-order valence-corrected chi connectivity index (χ2v) is 3.21. The molecule has 1 rings (SSSR count). The molecule has 0 aliphatic rings. The SMILES string of the molecule is CCCN(C)Cc1ncccc1O. The summed E-state index contributed by atoms with van der Waals surface area (Å²) in [6, 6.07) is 3.40. The summed E-state index contributed by atoms with van der Waals surface area (Å²) in [4.78, 5) is 6.25. The van der Waals surface area contributed by atoms with Crippen molar-refractivity contribution in [3.63, 3.8) is 0 Å². The summed E-state index contributed by atoms with van der Waals surface area (Å²) in [6.07, 6.45) is 2.82. The standard InChI is InChI=1S/C10H16N2O/c1-3-7-12(2)8-9-10(13)5-4-6-11-9/h4-6,13H,3,7-8H2,1-2H3. The number of nitrogens with zero attached hydrogens (tertiary/aromatic N) is 2. The number of pyridine rings is 1. The molecule has 0 radical (unpaired) electrons. The molecule has 3 heteroatoms. The Labute approximate surface area is 79.0 Å². The Morgan fingerprint density at radius 1 is 1.54 bits per heavy atom. The summed E-state index contributed by atoms with van der Waals surface area (Å²) in [6.45, 7) is 3.87. The molecule has 0 saturated heterocycles. The largest absolute Gasteiger partial charge is 0.506 e. The minimum Gasteiger partial charge on any atom is -0.506 e. The highest BCUT2D eigenvalue weighted by Crippen LogP contribution is 2.13. The lowest BCUT2D eigenvalue weighted by Crippen LogP contribution is -2.19. The van der Waals surface area contributed by atoms with Crippen LogP contribution in [0.4, 0.5) is 0 Å². The molecule has 0 aliphatic carbocycles. The average molecular weight is 180 g/mol. The van der Waals surface area contributed by atoms with Crippen molar-refractivity contribution in [1.29, 1.82) is 0 Å². The summed E-state index contributed by atoms with van der Waals surface area (Å²) in [7, 11) is 2.03. The van der Waals surface area contributed by atoms with E-state index in [9.17, 15) is 5.11 Å². The maximum absolute atomic E-state index is 9.44. The molecule has 1 aromatic heterocycles. The van der Waals surface area contributed by atoms with Crippen LogP contribution in [0.2, 0.25) is 0 Å². The fourth-order valence-corrected chi connectivity index (χ4v) is 1.27. The van der Waals surface area contributed by atoms with E-state index in [-0.39, 0.29) is 5.75 Å². The van der Waals surface area contributed by atoms with Gasteiger partial charge in [-0.15, -0.1) is 0 Å². The lowest BCUT2D eigenvalue weighted by atomic mass is 10.3. The molecule has 0 atom stereocenters. The Hall–Kier alpha value is -1.09. The van der Waals surface area contributed by atoms with Gasteiger partial charge in [0.1, 0.15) is 5.75 Å². The monoisotopic (exact) mass is 180 g/mol. The predicted octanol–water partition coefficient (Wildman–Crippen LogP) is 1.63. The van der Waals surface area contributed by atoms with Gasteiger partial charge in [0.05, 0.1) is 5.69 Å². The molecule has 0 amide bonds. The maximum Gasteiger partial charge on any atom is 0.138 e. The summed E-state index contributed by atoms with van der Waals surface area (Å²) in [5.41, 5.74) is 0.749. The van der Waals surface area contributed by atoms with Gasteiger partial charge in [-0.3, -0.25) is 4.98 Å². The van der Waals surface area contributed by atoms with Gasteiger partial charge in [-0.05, 0) is 32.1 Å². The third-order valence-corrected chi connectivity index (χ3v) is 1.89. The Kier molecular flexibility index (Phi) is 3.71. The van der Waals surface area contributed by atoms with Crippen molar-refractivity contribution in [2.24, 2.45) is 0 Å². The molecule has 72 valence electrons. The van der Waals surface area contributed by atoms with Gasteiger partial charge in [0.15, 0.2) is 0 Å². The minimum atomic E-state index is 0.283. The second kappa shape index (κ2) is 4.82. The number of aromatic nitrogens is 1. The minimum absolute atomic E-state index is 0.283. The van der Waals surface area contributed by atoms with Crippen LogP contribution in [0.25, 0.3) is 0 Å². The molecule has 1 aromatic rings. The number of rotatable bonds is 4. The van der Waals surface area contributed by atoms with E-state index in [4.69, 9.17) is 0 Å². The molecule has 0 aromatic carbocycles. The first-order valence-corrected chi connectivity index (χ1v) is 4.55. The van der Waals surface area contributed by atoms with Crippen LogP contribution in [-0.4, -0.2) is 28.6 Å². The molecule has 1 heterocycles. The van der Waals surface area contributed by atoms with Gasteiger partial charge < -0.3 is 10.0 Å². The van der Waals surface area contributed by atoms with Crippen molar-refractivity contribution in [1.82, 2.24) is 9.88 Å². The molecular weight excluding hydrogens is 164 g/mol. The summed E-state index contributed by atoms with van der Waals surface area (Å²) in [5.74, 6) is 0.283. The van der Waals surface area contributed by atoms with E-state index in [2.05, 4.69) is 16.8 Å². The van der Waals surface area contributed by atoms with Crippen molar-refractivity contribution in [2.45, 2.75) is 19.9 Å². The highest BCUT2D eigenvalue weighted by atomic mass is 16.3. The molecule has 13 heavy (non-hydrogen) atoms. The Balaban J connectivity index is 2.58. The fourth-order valence-electron chi connectivity index (χ4n) is 1.27. The maximum atomic E-state index is 9.44. The van der Waals surface area contributed by atoms with E-state index in [1.807, 2.05) is 7.05 Å².